The maximum atomic E-state index is 13.1. The van der Waals surface area contributed by atoms with Gasteiger partial charge >= 0.3 is 5.97 Å². The smallest absolute Gasteiger partial charge is 0.344 e. The molecule has 8 heteroatoms. The van der Waals surface area contributed by atoms with E-state index in [-0.39, 0.29) is 11.3 Å². The average Bonchev–Trinajstić information content (AvgIpc) is 2.62. The number of aliphatic carboxylic acids is 1. The number of carboxylic acid groups (broad SMARTS) is 1. The minimum absolute atomic E-state index is 0.115. The summed E-state index contributed by atoms with van der Waals surface area (Å²) in [5, 5.41) is 12.8. The van der Waals surface area contributed by atoms with Gasteiger partial charge in [0.15, 0.2) is 17.6 Å². The third-order valence-corrected chi connectivity index (χ3v) is 3.33. The van der Waals surface area contributed by atoms with Gasteiger partial charge in [0.1, 0.15) is 5.82 Å². The Morgan fingerprint density at radius 3 is 2.65 bits per heavy atom. The number of para-hydroxylation sites is 1. The van der Waals surface area contributed by atoms with Gasteiger partial charge in [-0.1, -0.05) is 12.1 Å². The van der Waals surface area contributed by atoms with Crippen molar-refractivity contribution in [1.29, 1.82) is 0 Å². The number of rotatable bonds is 7. The molecule has 2 rings (SSSR count). The highest BCUT2D eigenvalue weighted by molar-refractivity contribution is 5.95. The zero-order chi connectivity index (χ0) is 19.1. The quantitative estimate of drug-likeness (QED) is 0.584. The Balaban J connectivity index is 2.18. The van der Waals surface area contributed by atoms with E-state index in [1.165, 1.54) is 38.4 Å². The number of hydrogen-bond donors (Lipinski definition) is 2. The first-order valence-corrected chi connectivity index (χ1v) is 7.57. The van der Waals surface area contributed by atoms with Crippen molar-refractivity contribution in [3.8, 4) is 11.5 Å². The van der Waals surface area contributed by atoms with Gasteiger partial charge in [-0.05, 0) is 37.3 Å². The lowest BCUT2D eigenvalue weighted by atomic mass is 10.2. The Morgan fingerprint density at radius 2 is 2.00 bits per heavy atom. The van der Waals surface area contributed by atoms with Gasteiger partial charge in [0.2, 0.25) is 0 Å². The van der Waals surface area contributed by atoms with Crippen LogP contribution in [0.3, 0.4) is 0 Å². The zero-order valence-corrected chi connectivity index (χ0v) is 14.1. The number of nitrogens with one attached hydrogen (secondary N) is 1. The van der Waals surface area contributed by atoms with Crippen molar-refractivity contribution in [2.24, 2.45) is 5.10 Å². The van der Waals surface area contributed by atoms with Crippen LogP contribution in [0.2, 0.25) is 0 Å². The summed E-state index contributed by atoms with van der Waals surface area (Å²) in [4.78, 5) is 23.0. The highest BCUT2D eigenvalue weighted by Crippen LogP contribution is 2.31. The number of carbonyl (C=O) groups excluding carboxylic acids is 1. The Bertz CT molecular complexity index is 838. The van der Waals surface area contributed by atoms with Gasteiger partial charge in [0.25, 0.3) is 5.91 Å². The number of hydrazone groups is 1. The normalized spacial score (nSPS) is 11.8. The third kappa shape index (κ3) is 4.79. The first-order valence-electron chi connectivity index (χ1n) is 7.57. The largest absolute Gasteiger partial charge is 0.493 e. The van der Waals surface area contributed by atoms with Gasteiger partial charge in [-0.2, -0.15) is 5.10 Å². The molecule has 136 valence electrons. The fraction of sp³-hybridized carbons (Fsp3) is 0.167. The number of halogens is 1. The van der Waals surface area contributed by atoms with Crippen molar-refractivity contribution in [3.05, 3.63) is 59.4 Å². The van der Waals surface area contributed by atoms with Crippen LogP contribution in [0.15, 0.2) is 47.6 Å². The second-order valence-electron chi connectivity index (χ2n) is 5.19. The van der Waals surface area contributed by atoms with Crippen LogP contribution in [0.1, 0.15) is 22.8 Å². The minimum Gasteiger partial charge on any atom is -0.493 e. The van der Waals surface area contributed by atoms with Crippen LogP contribution >= 0.6 is 0 Å². The number of hydrogen-bond acceptors (Lipinski definition) is 5. The molecule has 0 saturated heterocycles. The summed E-state index contributed by atoms with van der Waals surface area (Å²) in [5.41, 5.74) is 2.78. The highest BCUT2D eigenvalue weighted by atomic mass is 19.1. The van der Waals surface area contributed by atoms with E-state index in [1.54, 1.807) is 18.2 Å². The molecule has 0 saturated carbocycles. The zero-order valence-electron chi connectivity index (χ0n) is 14.1. The molecule has 0 bridgehead atoms. The molecule has 2 aromatic rings. The fourth-order valence-electron chi connectivity index (χ4n) is 2.00. The summed E-state index contributed by atoms with van der Waals surface area (Å²) in [5.74, 6) is -1.77. The predicted octanol–water partition coefficient (Wildman–Crippen LogP) is 2.45. The number of ether oxygens (including phenoxy) is 2. The van der Waals surface area contributed by atoms with E-state index in [0.717, 1.165) is 6.07 Å². The maximum Gasteiger partial charge on any atom is 0.344 e. The lowest BCUT2D eigenvalue weighted by molar-refractivity contribution is -0.144. The molecule has 0 aliphatic carbocycles. The van der Waals surface area contributed by atoms with E-state index in [0.29, 0.717) is 11.3 Å². The molecule has 0 aromatic heterocycles. The van der Waals surface area contributed by atoms with Gasteiger partial charge < -0.3 is 14.6 Å². The Labute approximate surface area is 149 Å². The number of amides is 1. The van der Waals surface area contributed by atoms with Crippen LogP contribution in [-0.2, 0) is 4.79 Å². The van der Waals surface area contributed by atoms with Gasteiger partial charge in [-0.3, -0.25) is 4.79 Å². The van der Waals surface area contributed by atoms with E-state index >= 15 is 0 Å². The molecule has 0 aliphatic rings. The third-order valence-electron chi connectivity index (χ3n) is 3.33. The number of methoxy groups -OCH3 is 1. The Morgan fingerprint density at radius 1 is 1.27 bits per heavy atom. The molecule has 26 heavy (non-hydrogen) atoms. The summed E-state index contributed by atoms with van der Waals surface area (Å²) < 4.78 is 23.7. The molecular weight excluding hydrogens is 343 g/mol. The SMILES string of the molecule is COc1cccc(/C=N\NC(=O)c2cccc(F)c2)c1O[C@H](C)C(=O)O. The second-order valence-corrected chi connectivity index (χ2v) is 5.19. The van der Waals surface area contributed by atoms with Gasteiger partial charge in [-0.15, -0.1) is 0 Å². The van der Waals surface area contributed by atoms with E-state index in [4.69, 9.17) is 14.6 Å². The predicted molar refractivity (Wildman–Crippen MR) is 92.2 cm³/mol. The lowest BCUT2D eigenvalue weighted by Crippen LogP contribution is -2.24. The van der Waals surface area contributed by atoms with Crippen LogP contribution in [0.5, 0.6) is 11.5 Å². The van der Waals surface area contributed by atoms with Crippen molar-refractivity contribution in [1.82, 2.24) is 5.43 Å². The van der Waals surface area contributed by atoms with Gasteiger partial charge in [0, 0.05) is 11.1 Å². The summed E-state index contributed by atoms with van der Waals surface area (Å²) >= 11 is 0. The Hall–Kier alpha value is -3.42. The summed E-state index contributed by atoms with van der Waals surface area (Å²) in [6, 6.07) is 10.0. The van der Waals surface area contributed by atoms with E-state index < -0.39 is 23.8 Å². The van der Waals surface area contributed by atoms with Crippen molar-refractivity contribution in [3.63, 3.8) is 0 Å². The molecule has 0 heterocycles. The molecular formula is C18H17FN2O5. The van der Waals surface area contributed by atoms with Gasteiger partial charge in [-0.25, -0.2) is 14.6 Å². The van der Waals surface area contributed by atoms with Crippen molar-refractivity contribution in [2.45, 2.75) is 13.0 Å². The maximum absolute atomic E-state index is 13.1. The standard InChI is InChI=1S/C18H17FN2O5/c1-11(18(23)24)26-16-13(6-4-8-15(16)25-2)10-20-21-17(22)12-5-3-7-14(19)9-12/h3-11H,1-2H3,(H,21,22)(H,23,24)/b20-10-/t11-/m1/s1. The molecule has 0 unspecified atom stereocenters. The van der Waals surface area contributed by atoms with E-state index in [9.17, 15) is 14.0 Å². The van der Waals surface area contributed by atoms with Gasteiger partial charge in [0.05, 0.1) is 13.3 Å². The molecule has 2 aromatic carbocycles. The minimum atomic E-state index is -1.14. The number of carboxylic acids is 1. The van der Waals surface area contributed by atoms with Crippen LogP contribution in [0.25, 0.3) is 0 Å². The number of nitrogens with zero attached hydrogens (tertiary/aromatic N) is 1. The van der Waals surface area contributed by atoms with Crippen LogP contribution in [0, 0.1) is 5.82 Å². The molecule has 0 aliphatic heterocycles. The van der Waals surface area contributed by atoms with Crippen LogP contribution in [0.4, 0.5) is 4.39 Å². The number of benzene rings is 2. The molecule has 1 atom stereocenters. The lowest BCUT2D eigenvalue weighted by Gasteiger charge is -2.15. The number of carbonyl (C=O) groups is 2. The molecule has 1 amide bonds. The highest BCUT2D eigenvalue weighted by Gasteiger charge is 2.18. The summed E-state index contributed by atoms with van der Waals surface area (Å²) in [7, 11) is 1.42. The summed E-state index contributed by atoms with van der Waals surface area (Å²) in [6.07, 6.45) is 0.171. The topological polar surface area (TPSA) is 97.2 Å². The molecule has 7 nitrogen and oxygen atoms in total. The fourth-order valence-corrected chi connectivity index (χ4v) is 2.00. The monoisotopic (exact) mass is 360 g/mol. The van der Waals surface area contributed by atoms with Crippen LogP contribution in [-0.4, -0.2) is 36.4 Å². The second kappa shape index (κ2) is 8.61. The molecule has 0 radical (unpaired) electrons. The Kier molecular flexibility index (Phi) is 6.26. The molecule has 0 fully saturated rings. The van der Waals surface area contributed by atoms with E-state index in [2.05, 4.69) is 10.5 Å². The van der Waals surface area contributed by atoms with Crippen molar-refractivity contribution in [2.75, 3.05) is 7.11 Å². The molecule has 2 N–H and O–H groups in total. The van der Waals surface area contributed by atoms with Crippen LogP contribution < -0.4 is 14.9 Å². The average molecular weight is 360 g/mol. The van der Waals surface area contributed by atoms with Crippen molar-refractivity contribution < 1.29 is 28.6 Å². The van der Waals surface area contributed by atoms with Crippen molar-refractivity contribution >= 4 is 18.1 Å². The van der Waals surface area contributed by atoms with E-state index in [1.807, 2.05) is 0 Å². The summed E-state index contributed by atoms with van der Waals surface area (Å²) in [6.45, 7) is 1.38. The first kappa shape index (κ1) is 18.9. The molecule has 0 spiro atoms. The first-order chi connectivity index (χ1) is 12.4.